The van der Waals surface area contributed by atoms with Gasteiger partial charge in [0.1, 0.15) is 0 Å². The van der Waals surface area contributed by atoms with Gasteiger partial charge in [-0.15, -0.1) is 11.6 Å². The molecule has 0 aliphatic rings. The minimum absolute atomic E-state index is 0.171. The topological polar surface area (TPSA) is 52.3 Å². The zero-order chi connectivity index (χ0) is 8.91. The van der Waals surface area contributed by atoms with Crippen LogP contribution >= 0.6 is 11.6 Å². The fourth-order valence-electron chi connectivity index (χ4n) is 0.589. The highest BCUT2D eigenvalue weighted by Gasteiger charge is 2.21. The van der Waals surface area contributed by atoms with Gasteiger partial charge in [0.15, 0.2) is 0 Å². The van der Waals surface area contributed by atoms with Gasteiger partial charge in [-0.05, 0) is 13.8 Å². The Balaban J connectivity index is 3.74. The highest BCUT2D eigenvalue weighted by Crippen LogP contribution is 2.08. The Kier molecular flexibility index (Phi) is 4.45. The van der Waals surface area contributed by atoms with E-state index in [1.54, 1.807) is 13.8 Å². The third-order valence-electron chi connectivity index (χ3n) is 1.16. The van der Waals surface area contributed by atoms with Gasteiger partial charge in [-0.1, -0.05) is 0 Å². The number of halogens is 1. The zero-order valence-corrected chi connectivity index (χ0v) is 7.65. The highest BCUT2D eigenvalue weighted by atomic mass is 35.5. The summed E-state index contributed by atoms with van der Waals surface area (Å²) in [7, 11) is 0. The SMILES string of the molecule is CCOC(=O)CC(C)(N)CCl. The molecule has 0 rings (SSSR count). The zero-order valence-electron chi connectivity index (χ0n) is 6.89. The Morgan fingerprint density at radius 2 is 2.27 bits per heavy atom. The van der Waals surface area contributed by atoms with Crippen molar-refractivity contribution in [3.63, 3.8) is 0 Å². The van der Waals surface area contributed by atoms with Gasteiger partial charge in [0, 0.05) is 11.4 Å². The molecule has 0 amide bonds. The predicted molar refractivity (Wildman–Crippen MR) is 44.6 cm³/mol. The lowest BCUT2D eigenvalue weighted by Gasteiger charge is -2.19. The van der Waals surface area contributed by atoms with Crippen molar-refractivity contribution in [2.75, 3.05) is 12.5 Å². The first-order valence-electron chi connectivity index (χ1n) is 3.52. The minimum Gasteiger partial charge on any atom is -0.466 e. The van der Waals surface area contributed by atoms with Gasteiger partial charge in [0.25, 0.3) is 0 Å². The molecule has 0 aliphatic carbocycles. The average Bonchev–Trinajstić information content (AvgIpc) is 1.87. The largest absolute Gasteiger partial charge is 0.466 e. The second-order valence-electron chi connectivity index (χ2n) is 2.77. The van der Waals surface area contributed by atoms with Crippen molar-refractivity contribution >= 4 is 17.6 Å². The van der Waals surface area contributed by atoms with E-state index in [1.165, 1.54) is 0 Å². The quantitative estimate of drug-likeness (QED) is 0.515. The minimum atomic E-state index is -0.645. The number of esters is 1. The maximum absolute atomic E-state index is 10.9. The van der Waals surface area contributed by atoms with E-state index in [4.69, 9.17) is 22.1 Å². The van der Waals surface area contributed by atoms with E-state index in [0.717, 1.165) is 0 Å². The molecule has 0 spiro atoms. The van der Waals surface area contributed by atoms with Crippen LogP contribution in [0.1, 0.15) is 20.3 Å². The van der Waals surface area contributed by atoms with E-state index in [2.05, 4.69) is 0 Å². The smallest absolute Gasteiger partial charge is 0.307 e. The van der Waals surface area contributed by atoms with E-state index in [0.29, 0.717) is 6.61 Å². The lowest BCUT2D eigenvalue weighted by molar-refractivity contribution is -0.144. The average molecular weight is 180 g/mol. The first kappa shape index (κ1) is 10.7. The normalized spacial score (nSPS) is 15.6. The summed E-state index contributed by atoms with van der Waals surface area (Å²) in [5.74, 6) is -0.0376. The first-order chi connectivity index (χ1) is 5.02. The van der Waals surface area contributed by atoms with Crippen LogP contribution in [0.5, 0.6) is 0 Å². The van der Waals surface area contributed by atoms with Crippen molar-refractivity contribution in [1.82, 2.24) is 0 Å². The number of carbonyl (C=O) groups is 1. The van der Waals surface area contributed by atoms with E-state index < -0.39 is 5.54 Å². The van der Waals surface area contributed by atoms with Crippen molar-refractivity contribution in [2.45, 2.75) is 25.8 Å². The number of alkyl halides is 1. The standard InChI is InChI=1S/C7H14ClNO2/c1-3-11-6(10)4-7(2,9)5-8/h3-5,9H2,1-2H3. The molecule has 0 heterocycles. The number of carbonyl (C=O) groups excluding carboxylic acids is 1. The molecule has 0 saturated heterocycles. The van der Waals surface area contributed by atoms with Crippen molar-refractivity contribution < 1.29 is 9.53 Å². The maximum Gasteiger partial charge on any atom is 0.307 e. The van der Waals surface area contributed by atoms with Crippen LogP contribution in [-0.4, -0.2) is 24.0 Å². The van der Waals surface area contributed by atoms with Gasteiger partial charge in [-0.2, -0.15) is 0 Å². The van der Waals surface area contributed by atoms with Crippen molar-refractivity contribution in [2.24, 2.45) is 5.73 Å². The van der Waals surface area contributed by atoms with E-state index >= 15 is 0 Å². The van der Waals surface area contributed by atoms with Gasteiger partial charge in [-0.3, -0.25) is 4.79 Å². The van der Waals surface area contributed by atoms with E-state index in [1.807, 2.05) is 0 Å². The molecule has 0 aromatic carbocycles. The molecular formula is C7H14ClNO2. The van der Waals surface area contributed by atoms with Gasteiger partial charge in [-0.25, -0.2) is 0 Å². The van der Waals surface area contributed by atoms with Crippen LogP contribution in [0.3, 0.4) is 0 Å². The van der Waals surface area contributed by atoms with Crippen LogP contribution in [0.2, 0.25) is 0 Å². The molecule has 4 heteroatoms. The van der Waals surface area contributed by atoms with Crippen LogP contribution < -0.4 is 5.73 Å². The van der Waals surface area contributed by atoms with Crippen molar-refractivity contribution in [3.8, 4) is 0 Å². The molecule has 3 nitrogen and oxygen atoms in total. The number of rotatable bonds is 4. The van der Waals surface area contributed by atoms with Crippen molar-refractivity contribution in [3.05, 3.63) is 0 Å². The van der Waals surface area contributed by atoms with Crippen molar-refractivity contribution in [1.29, 1.82) is 0 Å². The summed E-state index contributed by atoms with van der Waals surface area (Å²) in [6.45, 7) is 3.86. The molecule has 0 bridgehead atoms. The van der Waals surface area contributed by atoms with Crippen LogP contribution in [0.4, 0.5) is 0 Å². The fraction of sp³-hybridized carbons (Fsp3) is 0.857. The van der Waals surface area contributed by atoms with E-state index in [-0.39, 0.29) is 18.3 Å². The molecule has 0 saturated carbocycles. The number of hydrogen-bond acceptors (Lipinski definition) is 3. The Morgan fingerprint density at radius 1 is 1.73 bits per heavy atom. The van der Waals surface area contributed by atoms with Crippen LogP contribution in [0, 0.1) is 0 Å². The molecule has 0 aromatic heterocycles. The maximum atomic E-state index is 10.9. The Morgan fingerprint density at radius 3 is 2.64 bits per heavy atom. The van der Waals surface area contributed by atoms with Gasteiger partial charge >= 0.3 is 5.97 Å². The number of ether oxygens (including phenoxy) is 1. The summed E-state index contributed by atoms with van der Waals surface area (Å²) in [6, 6.07) is 0. The molecule has 11 heavy (non-hydrogen) atoms. The Bertz CT molecular complexity index is 136. The lowest BCUT2D eigenvalue weighted by atomic mass is 10.0. The van der Waals surface area contributed by atoms with Gasteiger partial charge in [0.05, 0.1) is 13.0 Å². The van der Waals surface area contributed by atoms with Gasteiger partial charge < -0.3 is 10.5 Å². The molecular weight excluding hydrogens is 166 g/mol. The molecule has 1 unspecified atom stereocenters. The molecule has 0 fully saturated rings. The van der Waals surface area contributed by atoms with Crippen LogP contribution in [0.25, 0.3) is 0 Å². The fourth-order valence-corrected chi connectivity index (χ4v) is 0.683. The van der Waals surface area contributed by atoms with E-state index in [9.17, 15) is 4.79 Å². The summed E-state index contributed by atoms with van der Waals surface area (Å²) < 4.78 is 4.70. The number of hydrogen-bond donors (Lipinski definition) is 1. The summed E-state index contributed by atoms with van der Waals surface area (Å²) >= 11 is 5.50. The summed E-state index contributed by atoms with van der Waals surface area (Å²) in [4.78, 5) is 10.9. The Hall–Kier alpha value is -0.280. The second kappa shape index (κ2) is 4.57. The van der Waals surface area contributed by atoms with Crippen LogP contribution in [-0.2, 0) is 9.53 Å². The molecule has 66 valence electrons. The number of nitrogens with two attached hydrogens (primary N) is 1. The molecule has 0 radical (unpaired) electrons. The highest BCUT2D eigenvalue weighted by molar-refractivity contribution is 6.18. The molecule has 1 atom stereocenters. The molecule has 2 N–H and O–H groups in total. The predicted octanol–water partition coefficient (Wildman–Crippen LogP) is 0.896. The monoisotopic (exact) mass is 179 g/mol. The molecule has 0 aromatic rings. The lowest BCUT2D eigenvalue weighted by Crippen LogP contribution is -2.40. The Labute approximate surface area is 71.8 Å². The third kappa shape index (κ3) is 5.04. The third-order valence-corrected chi connectivity index (χ3v) is 1.77. The first-order valence-corrected chi connectivity index (χ1v) is 4.06. The summed E-state index contributed by atoms with van der Waals surface area (Å²) in [5, 5.41) is 0. The van der Waals surface area contributed by atoms with Gasteiger partial charge in [0.2, 0.25) is 0 Å². The summed E-state index contributed by atoms with van der Waals surface area (Å²) in [6.07, 6.45) is 0.171. The summed E-state index contributed by atoms with van der Waals surface area (Å²) in [5.41, 5.74) is 4.97. The van der Waals surface area contributed by atoms with Crippen LogP contribution in [0.15, 0.2) is 0 Å². The second-order valence-corrected chi connectivity index (χ2v) is 3.04. The molecule has 0 aliphatic heterocycles.